The molecule has 0 aliphatic rings. The van der Waals surface area contributed by atoms with Crippen LogP contribution in [0.5, 0.6) is 0 Å². The fourth-order valence-electron chi connectivity index (χ4n) is 6.44. The molecule has 6 nitrogen and oxygen atoms in total. The fourth-order valence-corrected chi connectivity index (χ4v) is 6.44. The lowest BCUT2D eigenvalue weighted by Crippen LogP contribution is -2.30. The molecule has 0 rings (SSSR count). The summed E-state index contributed by atoms with van der Waals surface area (Å²) in [5.74, 6) is -1.04. The molecule has 65 heavy (non-hydrogen) atoms. The molecule has 0 fully saturated rings. The second-order valence-corrected chi connectivity index (χ2v) is 16.5. The largest absolute Gasteiger partial charge is 0.462 e. The van der Waals surface area contributed by atoms with Gasteiger partial charge in [0.2, 0.25) is 0 Å². The van der Waals surface area contributed by atoms with E-state index in [4.69, 9.17) is 14.2 Å². The van der Waals surface area contributed by atoms with Crippen LogP contribution in [0.1, 0.15) is 201 Å². The van der Waals surface area contributed by atoms with Crippen molar-refractivity contribution in [3.63, 3.8) is 0 Å². The van der Waals surface area contributed by atoms with Crippen LogP contribution in [0.2, 0.25) is 0 Å². The fraction of sp³-hybridized carbons (Fsp3) is 0.576. The molecule has 0 heterocycles. The highest BCUT2D eigenvalue weighted by atomic mass is 16.6. The standard InChI is InChI=1S/C59H92O6/c1-4-7-10-13-16-19-22-24-26-28-30-32-33-35-37-40-43-46-49-52-58(61)64-55-56(54-63-57(60)51-48-45-42-39-21-18-15-12-9-6-3)65-59(62)53-50-47-44-41-38-36-34-31-29-27-25-23-20-17-14-11-8-5-2/h7,10-11,14,16-17,19-20,23-27,29-32,34-35,37,43,46,56H,4-6,8-9,12-13,15,18,21-22,28,33,36,38-42,44-45,47-55H2,1-3H3/b10-7-,14-11-,19-16-,20-17-,25-23-,26-24-,29-27-,32-30-,34-31-,37-35-,46-43-. The predicted octanol–water partition coefficient (Wildman–Crippen LogP) is 17.1. The molecule has 0 saturated heterocycles. The van der Waals surface area contributed by atoms with Gasteiger partial charge in [-0.2, -0.15) is 0 Å². The Hall–Kier alpha value is -4.45. The number of esters is 3. The molecule has 0 N–H and O–H groups in total. The van der Waals surface area contributed by atoms with E-state index in [0.29, 0.717) is 12.8 Å². The van der Waals surface area contributed by atoms with Crippen molar-refractivity contribution < 1.29 is 28.6 Å². The van der Waals surface area contributed by atoms with Gasteiger partial charge in [0.15, 0.2) is 6.10 Å². The maximum Gasteiger partial charge on any atom is 0.306 e. The first-order chi connectivity index (χ1) is 32.0. The Morgan fingerprint density at radius 1 is 0.338 bits per heavy atom. The maximum absolute atomic E-state index is 12.8. The third-order valence-electron chi connectivity index (χ3n) is 10.3. The van der Waals surface area contributed by atoms with Gasteiger partial charge < -0.3 is 14.2 Å². The highest BCUT2D eigenvalue weighted by Gasteiger charge is 2.19. The van der Waals surface area contributed by atoms with Crippen LogP contribution in [0.3, 0.4) is 0 Å². The predicted molar refractivity (Wildman–Crippen MR) is 279 cm³/mol. The monoisotopic (exact) mass is 897 g/mol. The number of rotatable bonds is 44. The van der Waals surface area contributed by atoms with Crippen LogP contribution >= 0.6 is 0 Å². The Bertz CT molecular complexity index is 1450. The molecule has 0 aliphatic heterocycles. The summed E-state index contributed by atoms with van der Waals surface area (Å²) in [4.78, 5) is 37.9. The highest BCUT2D eigenvalue weighted by molar-refractivity contribution is 5.71. The Labute approximate surface area is 398 Å². The van der Waals surface area contributed by atoms with Gasteiger partial charge in [-0.3, -0.25) is 14.4 Å². The van der Waals surface area contributed by atoms with Gasteiger partial charge in [-0.1, -0.05) is 238 Å². The molecule has 0 saturated carbocycles. The molecule has 6 heteroatoms. The maximum atomic E-state index is 12.8. The summed E-state index contributed by atoms with van der Waals surface area (Å²) in [5.41, 5.74) is 0. The van der Waals surface area contributed by atoms with Crippen molar-refractivity contribution >= 4 is 17.9 Å². The van der Waals surface area contributed by atoms with Crippen LogP contribution in [0, 0.1) is 0 Å². The van der Waals surface area contributed by atoms with Crippen molar-refractivity contribution in [3.8, 4) is 0 Å². The third kappa shape index (κ3) is 50.4. The van der Waals surface area contributed by atoms with Gasteiger partial charge in [-0.25, -0.2) is 0 Å². The number of carbonyl (C=O) groups excluding carboxylic acids is 3. The molecule has 1 unspecified atom stereocenters. The van der Waals surface area contributed by atoms with Crippen molar-refractivity contribution in [2.24, 2.45) is 0 Å². The second-order valence-electron chi connectivity index (χ2n) is 16.5. The molecule has 364 valence electrons. The summed E-state index contributed by atoms with van der Waals surface area (Å²) in [5, 5.41) is 0. The van der Waals surface area contributed by atoms with Crippen LogP contribution in [-0.4, -0.2) is 37.2 Å². The topological polar surface area (TPSA) is 78.9 Å². The van der Waals surface area contributed by atoms with Crippen LogP contribution in [-0.2, 0) is 28.6 Å². The Morgan fingerprint density at radius 2 is 0.723 bits per heavy atom. The Morgan fingerprint density at radius 3 is 1.20 bits per heavy atom. The number of allylic oxidation sites excluding steroid dienone is 22. The van der Waals surface area contributed by atoms with E-state index in [0.717, 1.165) is 103 Å². The molecule has 0 aliphatic carbocycles. The zero-order valence-electron chi connectivity index (χ0n) is 41.4. The van der Waals surface area contributed by atoms with Gasteiger partial charge in [0.1, 0.15) is 13.2 Å². The van der Waals surface area contributed by atoms with Crippen molar-refractivity contribution in [1.82, 2.24) is 0 Å². The first kappa shape index (κ1) is 60.5. The van der Waals surface area contributed by atoms with Crippen molar-refractivity contribution in [1.29, 1.82) is 0 Å². The first-order valence-electron chi connectivity index (χ1n) is 25.8. The third-order valence-corrected chi connectivity index (χ3v) is 10.3. The SMILES string of the molecule is CC/C=C\C/C=C\C/C=C\C/C=C\C/C=C\C/C=C\CCC(=O)OCC(COC(=O)CCCCCCCCCCCC)OC(=O)CCCCCCC\C=C/C=C\C=C/C=C\C=C/CCC. The molecular weight excluding hydrogens is 805 g/mol. The van der Waals surface area contributed by atoms with Crippen LogP contribution in [0.25, 0.3) is 0 Å². The van der Waals surface area contributed by atoms with E-state index in [1.165, 1.54) is 51.4 Å². The van der Waals surface area contributed by atoms with Crippen molar-refractivity contribution in [2.45, 2.75) is 207 Å². The van der Waals surface area contributed by atoms with Gasteiger partial charge in [-0.15, -0.1) is 0 Å². The summed E-state index contributed by atoms with van der Waals surface area (Å²) in [6, 6.07) is 0. The molecule has 1 atom stereocenters. The van der Waals surface area contributed by atoms with E-state index < -0.39 is 6.10 Å². The normalized spacial score (nSPS) is 13.2. The van der Waals surface area contributed by atoms with Crippen molar-refractivity contribution in [2.75, 3.05) is 13.2 Å². The minimum Gasteiger partial charge on any atom is -0.462 e. The van der Waals surface area contributed by atoms with Crippen LogP contribution in [0.15, 0.2) is 134 Å². The minimum atomic E-state index is -0.825. The van der Waals surface area contributed by atoms with Gasteiger partial charge in [-0.05, 0) is 77.0 Å². The average molecular weight is 897 g/mol. The first-order valence-corrected chi connectivity index (χ1v) is 25.8. The average Bonchev–Trinajstić information content (AvgIpc) is 3.30. The van der Waals surface area contributed by atoms with E-state index in [-0.39, 0.29) is 44.0 Å². The number of unbranched alkanes of at least 4 members (excludes halogenated alkanes) is 15. The summed E-state index contributed by atoms with van der Waals surface area (Å²) >= 11 is 0. The lowest BCUT2D eigenvalue weighted by Gasteiger charge is -2.18. The van der Waals surface area contributed by atoms with E-state index in [9.17, 15) is 14.4 Å². The summed E-state index contributed by atoms with van der Waals surface area (Å²) in [6.07, 6.45) is 73.0. The molecule has 0 aromatic rings. The molecule has 0 aromatic carbocycles. The van der Waals surface area contributed by atoms with Gasteiger partial charge >= 0.3 is 17.9 Å². The highest BCUT2D eigenvalue weighted by Crippen LogP contribution is 2.13. The number of hydrogen-bond acceptors (Lipinski definition) is 6. The zero-order valence-corrected chi connectivity index (χ0v) is 41.4. The molecule has 0 radical (unpaired) electrons. The summed E-state index contributed by atoms with van der Waals surface area (Å²) < 4.78 is 16.7. The summed E-state index contributed by atoms with van der Waals surface area (Å²) in [7, 11) is 0. The molecule has 0 aromatic heterocycles. The Kier molecular flexibility index (Phi) is 48.6. The smallest absolute Gasteiger partial charge is 0.306 e. The lowest BCUT2D eigenvalue weighted by molar-refractivity contribution is -0.166. The molecule has 0 amide bonds. The zero-order chi connectivity index (χ0) is 47.2. The molecule has 0 spiro atoms. The second kappa shape index (κ2) is 52.2. The van der Waals surface area contributed by atoms with Gasteiger partial charge in [0, 0.05) is 19.3 Å². The summed E-state index contributed by atoms with van der Waals surface area (Å²) in [6.45, 7) is 6.31. The number of carbonyl (C=O) groups is 3. The molecular formula is C59H92O6. The quantitative estimate of drug-likeness (QED) is 0.0199. The van der Waals surface area contributed by atoms with E-state index in [2.05, 4.69) is 106 Å². The number of ether oxygens (including phenoxy) is 3. The van der Waals surface area contributed by atoms with E-state index in [1.54, 1.807) is 0 Å². The van der Waals surface area contributed by atoms with Gasteiger partial charge in [0.25, 0.3) is 0 Å². The Balaban J connectivity index is 4.56. The van der Waals surface area contributed by atoms with Crippen LogP contribution < -0.4 is 0 Å². The van der Waals surface area contributed by atoms with E-state index >= 15 is 0 Å². The lowest BCUT2D eigenvalue weighted by atomic mass is 10.1. The molecule has 0 bridgehead atoms. The van der Waals surface area contributed by atoms with E-state index in [1.807, 2.05) is 48.6 Å². The van der Waals surface area contributed by atoms with Crippen molar-refractivity contribution in [3.05, 3.63) is 134 Å². The van der Waals surface area contributed by atoms with Gasteiger partial charge in [0.05, 0.1) is 0 Å². The van der Waals surface area contributed by atoms with Crippen LogP contribution in [0.4, 0.5) is 0 Å². The number of hydrogen-bond donors (Lipinski definition) is 0. The minimum absolute atomic E-state index is 0.116.